The minimum atomic E-state index is -4.49. The summed E-state index contributed by atoms with van der Waals surface area (Å²) in [7, 11) is 0. The van der Waals surface area contributed by atoms with Gasteiger partial charge < -0.3 is 15.4 Å². The van der Waals surface area contributed by atoms with Gasteiger partial charge in [0.15, 0.2) is 6.10 Å². The molecule has 1 heterocycles. The molecule has 27 heavy (non-hydrogen) atoms. The molecule has 0 spiro atoms. The lowest BCUT2D eigenvalue weighted by Gasteiger charge is -2.14. The molecule has 5 nitrogen and oxygen atoms in total. The molecule has 1 atom stereocenters. The number of para-hydroxylation sites is 1. The predicted molar refractivity (Wildman–Crippen MR) is 92.8 cm³/mol. The monoisotopic (exact) mass is 378 g/mol. The van der Waals surface area contributed by atoms with E-state index < -0.39 is 24.7 Å². The van der Waals surface area contributed by atoms with Crippen LogP contribution in [0.5, 0.6) is 5.75 Å². The smallest absolute Gasteiger partial charge is 0.405 e. The van der Waals surface area contributed by atoms with E-state index >= 15 is 0 Å². The van der Waals surface area contributed by atoms with Gasteiger partial charge in [0.25, 0.3) is 11.8 Å². The molecule has 2 aromatic carbocycles. The van der Waals surface area contributed by atoms with Gasteiger partial charge in [-0.25, -0.2) is 0 Å². The zero-order chi connectivity index (χ0) is 19.6. The minimum absolute atomic E-state index is 0.0239. The van der Waals surface area contributed by atoms with Crippen molar-refractivity contribution in [1.82, 2.24) is 5.32 Å². The predicted octanol–water partition coefficient (Wildman–Crippen LogP) is 3.23. The largest absolute Gasteiger partial charge is 0.480 e. The van der Waals surface area contributed by atoms with Gasteiger partial charge in [0.05, 0.1) is 0 Å². The van der Waals surface area contributed by atoms with Crippen LogP contribution in [0.4, 0.5) is 18.9 Å². The highest BCUT2D eigenvalue weighted by molar-refractivity contribution is 5.99. The standard InChI is InChI=1S/C19H17F3N2O3/c1-11-6-7-13(17(25)23-10-19(20,21)22)8-14(11)24-18(26)16-9-12-4-2-3-5-15(12)27-16/h2-8,16H,9-10H2,1H3,(H,23,25)(H,24,26). The highest BCUT2D eigenvalue weighted by Gasteiger charge is 2.30. The number of halogens is 3. The van der Waals surface area contributed by atoms with Crippen LogP contribution in [0.25, 0.3) is 0 Å². The molecule has 0 aliphatic carbocycles. The van der Waals surface area contributed by atoms with E-state index in [4.69, 9.17) is 4.74 Å². The molecule has 0 bridgehead atoms. The molecule has 0 aromatic heterocycles. The summed E-state index contributed by atoms with van der Waals surface area (Å²) in [4.78, 5) is 24.4. The Morgan fingerprint density at radius 1 is 1.19 bits per heavy atom. The molecule has 1 aliphatic rings. The van der Waals surface area contributed by atoms with Gasteiger partial charge in [-0.05, 0) is 36.2 Å². The Balaban J connectivity index is 1.68. The molecule has 142 valence electrons. The fraction of sp³-hybridized carbons (Fsp3) is 0.263. The van der Waals surface area contributed by atoms with E-state index in [0.717, 1.165) is 5.56 Å². The topological polar surface area (TPSA) is 67.4 Å². The maximum absolute atomic E-state index is 12.5. The lowest BCUT2D eigenvalue weighted by atomic mass is 10.1. The second-order valence-corrected chi connectivity index (χ2v) is 6.24. The minimum Gasteiger partial charge on any atom is -0.480 e. The van der Waals surface area contributed by atoms with Crippen LogP contribution >= 0.6 is 0 Å². The number of hydrogen-bond donors (Lipinski definition) is 2. The second kappa shape index (κ2) is 7.30. The summed E-state index contributed by atoms with van der Waals surface area (Å²) in [5, 5.41) is 4.49. The van der Waals surface area contributed by atoms with Crippen LogP contribution in [0.2, 0.25) is 0 Å². The lowest BCUT2D eigenvalue weighted by Crippen LogP contribution is -2.34. The number of hydrogen-bond acceptors (Lipinski definition) is 3. The number of amides is 2. The van der Waals surface area contributed by atoms with E-state index in [1.54, 1.807) is 24.4 Å². The highest BCUT2D eigenvalue weighted by Crippen LogP contribution is 2.29. The van der Waals surface area contributed by atoms with Crippen molar-refractivity contribution in [2.45, 2.75) is 25.6 Å². The number of nitrogens with one attached hydrogen (secondary N) is 2. The third-order valence-corrected chi connectivity index (χ3v) is 4.15. The molecular weight excluding hydrogens is 361 g/mol. The van der Waals surface area contributed by atoms with Gasteiger partial charge in [-0.15, -0.1) is 0 Å². The summed E-state index contributed by atoms with van der Waals surface area (Å²) in [6.45, 7) is 0.298. The molecule has 8 heteroatoms. The van der Waals surface area contributed by atoms with Crippen molar-refractivity contribution in [2.24, 2.45) is 0 Å². The van der Waals surface area contributed by atoms with Crippen LogP contribution in [-0.2, 0) is 11.2 Å². The molecule has 2 aromatic rings. The van der Waals surface area contributed by atoms with Crippen molar-refractivity contribution in [3.8, 4) is 5.75 Å². The number of carbonyl (C=O) groups excluding carboxylic acids is 2. The number of anilines is 1. The van der Waals surface area contributed by atoms with E-state index in [0.29, 0.717) is 23.4 Å². The van der Waals surface area contributed by atoms with Gasteiger partial charge in [0, 0.05) is 17.7 Å². The van der Waals surface area contributed by atoms with E-state index in [9.17, 15) is 22.8 Å². The Kier molecular flexibility index (Phi) is 5.07. The van der Waals surface area contributed by atoms with Crippen molar-refractivity contribution in [2.75, 3.05) is 11.9 Å². The Morgan fingerprint density at radius 2 is 1.93 bits per heavy atom. The summed E-state index contributed by atoms with van der Waals surface area (Å²) in [6, 6.07) is 11.6. The Hall–Kier alpha value is -3.03. The molecule has 0 radical (unpaired) electrons. The molecular formula is C19H17F3N2O3. The quantitative estimate of drug-likeness (QED) is 0.859. The van der Waals surface area contributed by atoms with Crippen molar-refractivity contribution in [3.05, 3.63) is 59.2 Å². The number of carbonyl (C=O) groups is 2. The summed E-state index contributed by atoms with van der Waals surface area (Å²) in [5.41, 5.74) is 1.97. The third kappa shape index (κ3) is 4.58. The Bertz CT molecular complexity index is 856. The molecule has 2 amide bonds. The SMILES string of the molecule is Cc1ccc(C(=O)NCC(F)(F)F)cc1NC(=O)C1Cc2ccccc2O1. The zero-order valence-electron chi connectivity index (χ0n) is 14.4. The third-order valence-electron chi connectivity index (χ3n) is 4.15. The molecule has 3 rings (SSSR count). The summed E-state index contributed by atoms with van der Waals surface area (Å²) in [6.07, 6.45) is -4.77. The number of rotatable bonds is 4. The lowest BCUT2D eigenvalue weighted by molar-refractivity contribution is -0.123. The number of aryl methyl sites for hydroxylation is 1. The van der Waals surface area contributed by atoms with E-state index in [2.05, 4.69) is 5.32 Å². The number of ether oxygens (including phenoxy) is 1. The van der Waals surface area contributed by atoms with Crippen LogP contribution in [0, 0.1) is 6.92 Å². The number of benzene rings is 2. The number of alkyl halides is 3. The van der Waals surface area contributed by atoms with Crippen LogP contribution in [-0.4, -0.2) is 30.6 Å². The van der Waals surface area contributed by atoms with Crippen LogP contribution < -0.4 is 15.4 Å². The molecule has 0 saturated carbocycles. The fourth-order valence-corrected chi connectivity index (χ4v) is 2.72. The van der Waals surface area contributed by atoms with E-state index in [1.165, 1.54) is 12.1 Å². The van der Waals surface area contributed by atoms with Gasteiger partial charge in [-0.2, -0.15) is 13.2 Å². The molecule has 0 fully saturated rings. The van der Waals surface area contributed by atoms with Crippen molar-refractivity contribution in [3.63, 3.8) is 0 Å². The second-order valence-electron chi connectivity index (χ2n) is 6.24. The Morgan fingerprint density at radius 3 is 2.63 bits per heavy atom. The Labute approximate surface area is 153 Å². The van der Waals surface area contributed by atoms with Crippen molar-refractivity contribution in [1.29, 1.82) is 0 Å². The van der Waals surface area contributed by atoms with Gasteiger partial charge in [-0.1, -0.05) is 24.3 Å². The molecule has 2 N–H and O–H groups in total. The van der Waals surface area contributed by atoms with Gasteiger partial charge >= 0.3 is 6.18 Å². The normalized spacial score (nSPS) is 15.6. The van der Waals surface area contributed by atoms with Gasteiger partial charge in [0.1, 0.15) is 12.3 Å². The number of fused-ring (bicyclic) bond motifs is 1. The van der Waals surface area contributed by atoms with Gasteiger partial charge in [-0.3, -0.25) is 9.59 Å². The van der Waals surface area contributed by atoms with Gasteiger partial charge in [0.2, 0.25) is 0 Å². The first-order valence-corrected chi connectivity index (χ1v) is 8.24. The molecule has 1 aliphatic heterocycles. The molecule has 0 saturated heterocycles. The van der Waals surface area contributed by atoms with Crippen LogP contribution in [0.15, 0.2) is 42.5 Å². The zero-order valence-corrected chi connectivity index (χ0v) is 14.4. The fourth-order valence-electron chi connectivity index (χ4n) is 2.72. The van der Waals surface area contributed by atoms with E-state index in [1.807, 2.05) is 18.2 Å². The van der Waals surface area contributed by atoms with Crippen LogP contribution in [0.1, 0.15) is 21.5 Å². The highest BCUT2D eigenvalue weighted by atomic mass is 19.4. The van der Waals surface area contributed by atoms with E-state index in [-0.39, 0.29) is 11.5 Å². The average molecular weight is 378 g/mol. The molecule has 1 unspecified atom stereocenters. The maximum atomic E-state index is 12.5. The average Bonchev–Trinajstić information content (AvgIpc) is 3.05. The first-order valence-electron chi connectivity index (χ1n) is 8.24. The first-order chi connectivity index (χ1) is 12.7. The van der Waals surface area contributed by atoms with Crippen molar-refractivity contribution >= 4 is 17.5 Å². The first kappa shape index (κ1) is 18.8. The maximum Gasteiger partial charge on any atom is 0.405 e. The van der Waals surface area contributed by atoms with Crippen molar-refractivity contribution < 1.29 is 27.5 Å². The van der Waals surface area contributed by atoms with Crippen LogP contribution in [0.3, 0.4) is 0 Å². The summed E-state index contributed by atoms with van der Waals surface area (Å²) in [5.74, 6) is -0.607. The summed E-state index contributed by atoms with van der Waals surface area (Å²) >= 11 is 0. The summed E-state index contributed by atoms with van der Waals surface area (Å²) < 4.78 is 42.4.